The SMILES string of the molecule is CC(O)CNc1nc2nonc2nc1NCC(C)O. The molecular formula is C10H16N6O3. The summed E-state index contributed by atoms with van der Waals surface area (Å²) < 4.78 is 4.55. The number of aliphatic hydroxyl groups excluding tert-OH is 2. The Balaban J connectivity index is 2.24. The van der Waals surface area contributed by atoms with Crippen LogP contribution >= 0.6 is 0 Å². The second kappa shape index (κ2) is 5.76. The van der Waals surface area contributed by atoms with Gasteiger partial charge in [0, 0.05) is 13.1 Å². The smallest absolute Gasteiger partial charge is 0.245 e. The fourth-order valence-electron chi connectivity index (χ4n) is 1.37. The van der Waals surface area contributed by atoms with Gasteiger partial charge in [0.2, 0.25) is 11.3 Å². The molecule has 0 fully saturated rings. The van der Waals surface area contributed by atoms with E-state index in [1.165, 1.54) is 0 Å². The Labute approximate surface area is 109 Å². The van der Waals surface area contributed by atoms with Gasteiger partial charge in [-0.15, -0.1) is 0 Å². The van der Waals surface area contributed by atoms with E-state index in [4.69, 9.17) is 0 Å². The second-order valence-corrected chi connectivity index (χ2v) is 4.29. The monoisotopic (exact) mass is 268 g/mol. The van der Waals surface area contributed by atoms with Crippen molar-refractivity contribution in [2.24, 2.45) is 0 Å². The van der Waals surface area contributed by atoms with Crippen molar-refractivity contribution in [1.82, 2.24) is 20.3 Å². The first-order chi connectivity index (χ1) is 9.06. The summed E-state index contributed by atoms with van der Waals surface area (Å²) in [5, 5.41) is 31.6. The Kier molecular flexibility index (Phi) is 4.07. The number of fused-ring (bicyclic) bond motifs is 1. The van der Waals surface area contributed by atoms with E-state index in [9.17, 15) is 10.2 Å². The van der Waals surface area contributed by atoms with Gasteiger partial charge in [0.15, 0.2) is 11.6 Å². The molecule has 2 aromatic heterocycles. The zero-order chi connectivity index (χ0) is 13.8. The summed E-state index contributed by atoms with van der Waals surface area (Å²) in [6.07, 6.45) is -1.06. The van der Waals surface area contributed by atoms with Crippen LogP contribution in [0, 0.1) is 0 Å². The zero-order valence-corrected chi connectivity index (χ0v) is 10.7. The quantitative estimate of drug-likeness (QED) is 0.552. The molecule has 0 radical (unpaired) electrons. The molecule has 0 aliphatic heterocycles. The maximum absolute atomic E-state index is 9.28. The molecule has 0 saturated carbocycles. The molecule has 2 unspecified atom stereocenters. The summed E-state index contributed by atoms with van der Waals surface area (Å²) in [5.74, 6) is 0.842. The molecule has 2 rings (SSSR count). The van der Waals surface area contributed by atoms with Crippen molar-refractivity contribution in [2.75, 3.05) is 23.7 Å². The number of anilines is 2. The Morgan fingerprint density at radius 3 is 1.74 bits per heavy atom. The standard InChI is InChI=1S/C10H16N6O3/c1-5(17)3-11-7-8(12-4-6(2)18)14-10-9(13-7)15-19-16-10/h5-6,17-18H,3-4H2,1-2H3,(H,11,13,15)(H,12,14,16). The van der Waals surface area contributed by atoms with E-state index in [1.54, 1.807) is 13.8 Å². The van der Waals surface area contributed by atoms with E-state index >= 15 is 0 Å². The molecule has 0 aliphatic rings. The minimum absolute atomic E-state index is 0.274. The molecule has 9 heteroatoms. The van der Waals surface area contributed by atoms with Crippen LogP contribution in [-0.4, -0.2) is 55.8 Å². The van der Waals surface area contributed by atoms with Gasteiger partial charge in [0.1, 0.15) is 0 Å². The van der Waals surface area contributed by atoms with Crippen LogP contribution in [0.25, 0.3) is 11.3 Å². The van der Waals surface area contributed by atoms with E-state index in [0.29, 0.717) is 24.7 Å². The fraction of sp³-hybridized carbons (Fsp3) is 0.600. The number of rotatable bonds is 6. The highest BCUT2D eigenvalue weighted by molar-refractivity contribution is 5.73. The molecule has 2 heterocycles. The number of hydrogen-bond acceptors (Lipinski definition) is 9. The lowest BCUT2D eigenvalue weighted by Gasteiger charge is -2.13. The van der Waals surface area contributed by atoms with Gasteiger partial charge in [-0.25, -0.2) is 14.6 Å². The van der Waals surface area contributed by atoms with Gasteiger partial charge in [-0.2, -0.15) is 0 Å². The zero-order valence-electron chi connectivity index (χ0n) is 10.7. The van der Waals surface area contributed by atoms with Gasteiger partial charge < -0.3 is 20.8 Å². The van der Waals surface area contributed by atoms with E-state index in [0.717, 1.165) is 0 Å². The van der Waals surface area contributed by atoms with Crippen molar-refractivity contribution in [3.05, 3.63) is 0 Å². The average Bonchev–Trinajstić information content (AvgIpc) is 2.79. The predicted molar refractivity (Wildman–Crippen MR) is 67.7 cm³/mol. The van der Waals surface area contributed by atoms with Crippen LogP contribution in [0.1, 0.15) is 13.8 Å². The number of aliphatic hydroxyl groups is 2. The topological polar surface area (TPSA) is 129 Å². The molecular weight excluding hydrogens is 252 g/mol. The van der Waals surface area contributed by atoms with Crippen molar-refractivity contribution < 1.29 is 14.8 Å². The van der Waals surface area contributed by atoms with Crippen LogP contribution < -0.4 is 10.6 Å². The minimum atomic E-state index is -0.530. The Morgan fingerprint density at radius 2 is 1.37 bits per heavy atom. The van der Waals surface area contributed by atoms with Crippen LogP contribution in [0.2, 0.25) is 0 Å². The third-order valence-corrected chi connectivity index (χ3v) is 2.24. The van der Waals surface area contributed by atoms with E-state index < -0.39 is 12.2 Å². The largest absolute Gasteiger partial charge is 0.392 e. The Hall–Kier alpha value is -2.00. The van der Waals surface area contributed by atoms with E-state index in [-0.39, 0.29) is 11.3 Å². The van der Waals surface area contributed by atoms with Crippen molar-refractivity contribution in [1.29, 1.82) is 0 Å². The predicted octanol–water partition coefficient (Wildman–Crippen LogP) is -0.402. The summed E-state index contributed by atoms with van der Waals surface area (Å²) in [6, 6.07) is 0. The minimum Gasteiger partial charge on any atom is -0.392 e. The molecule has 0 aromatic carbocycles. The maximum Gasteiger partial charge on any atom is 0.245 e. The number of aromatic nitrogens is 4. The first-order valence-corrected chi connectivity index (χ1v) is 5.90. The van der Waals surface area contributed by atoms with Gasteiger partial charge in [0.25, 0.3) is 0 Å². The first kappa shape index (κ1) is 13.4. The summed E-state index contributed by atoms with van der Waals surface area (Å²) >= 11 is 0. The van der Waals surface area contributed by atoms with Crippen molar-refractivity contribution in [2.45, 2.75) is 26.1 Å². The third kappa shape index (κ3) is 3.48. The molecule has 4 N–H and O–H groups in total. The summed E-state index contributed by atoms with van der Waals surface area (Å²) in [5.41, 5.74) is 0.548. The van der Waals surface area contributed by atoms with Gasteiger partial charge in [0.05, 0.1) is 12.2 Å². The molecule has 19 heavy (non-hydrogen) atoms. The molecule has 0 spiro atoms. The first-order valence-electron chi connectivity index (χ1n) is 5.90. The highest BCUT2D eigenvalue weighted by Gasteiger charge is 2.13. The highest BCUT2D eigenvalue weighted by atomic mass is 16.6. The van der Waals surface area contributed by atoms with Gasteiger partial charge >= 0.3 is 0 Å². The van der Waals surface area contributed by atoms with E-state index in [1.807, 2.05) is 0 Å². The lowest BCUT2D eigenvalue weighted by molar-refractivity contribution is 0.207. The third-order valence-electron chi connectivity index (χ3n) is 2.24. The molecule has 0 amide bonds. The maximum atomic E-state index is 9.28. The molecule has 0 aliphatic carbocycles. The van der Waals surface area contributed by atoms with Crippen LogP contribution in [0.3, 0.4) is 0 Å². The number of nitrogens with zero attached hydrogens (tertiary/aromatic N) is 4. The lowest BCUT2D eigenvalue weighted by Crippen LogP contribution is -2.20. The molecule has 2 aromatic rings. The summed E-state index contributed by atoms with van der Waals surface area (Å²) in [4.78, 5) is 8.38. The van der Waals surface area contributed by atoms with Crippen LogP contribution in [0.4, 0.5) is 11.6 Å². The van der Waals surface area contributed by atoms with Gasteiger partial charge in [-0.1, -0.05) is 0 Å². The van der Waals surface area contributed by atoms with Gasteiger partial charge in [-0.05, 0) is 24.2 Å². The number of nitrogens with one attached hydrogen (secondary N) is 2. The molecule has 104 valence electrons. The fourth-order valence-corrected chi connectivity index (χ4v) is 1.37. The molecule has 9 nitrogen and oxygen atoms in total. The average molecular weight is 268 g/mol. The Morgan fingerprint density at radius 1 is 0.947 bits per heavy atom. The normalized spacial score (nSPS) is 14.3. The summed E-state index contributed by atoms with van der Waals surface area (Å²) in [6.45, 7) is 3.93. The van der Waals surface area contributed by atoms with E-state index in [2.05, 4.69) is 35.5 Å². The highest BCUT2D eigenvalue weighted by Crippen LogP contribution is 2.19. The number of hydrogen-bond donors (Lipinski definition) is 4. The molecule has 0 bridgehead atoms. The molecule has 2 atom stereocenters. The van der Waals surface area contributed by atoms with Gasteiger partial charge in [-0.3, -0.25) is 0 Å². The van der Waals surface area contributed by atoms with Crippen molar-refractivity contribution in [3.8, 4) is 0 Å². The summed E-state index contributed by atoms with van der Waals surface area (Å²) in [7, 11) is 0. The molecule has 0 saturated heterocycles. The Bertz CT molecular complexity index is 495. The van der Waals surface area contributed by atoms with Crippen LogP contribution in [-0.2, 0) is 0 Å². The van der Waals surface area contributed by atoms with Crippen molar-refractivity contribution >= 4 is 22.9 Å². The van der Waals surface area contributed by atoms with Crippen LogP contribution in [0.15, 0.2) is 4.63 Å². The lowest BCUT2D eigenvalue weighted by atomic mass is 10.4. The van der Waals surface area contributed by atoms with Crippen molar-refractivity contribution in [3.63, 3.8) is 0 Å². The van der Waals surface area contributed by atoms with Crippen LogP contribution in [0.5, 0.6) is 0 Å². The second-order valence-electron chi connectivity index (χ2n) is 4.29.